The second-order valence-electron chi connectivity index (χ2n) is 7.75. The molecule has 0 saturated carbocycles. The summed E-state index contributed by atoms with van der Waals surface area (Å²) >= 11 is 0. The molecular formula is C25H31N3O4. The number of carbonyl (C=O) groups excluding carboxylic acids is 1. The van der Waals surface area contributed by atoms with Gasteiger partial charge in [0.1, 0.15) is 17.2 Å². The van der Waals surface area contributed by atoms with Crippen LogP contribution in [-0.4, -0.2) is 69.0 Å². The van der Waals surface area contributed by atoms with E-state index in [1.165, 1.54) is 0 Å². The Kier molecular flexibility index (Phi) is 6.85. The lowest BCUT2D eigenvalue weighted by Crippen LogP contribution is -2.49. The molecule has 1 aromatic heterocycles. The summed E-state index contributed by atoms with van der Waals surface area (Å²) in [4.78, 5) is 17.8. The lowest BCUT2D eigenvalue weighted by molar-refractivity contribution is 0.0734. The summed E-state index contributed by atoms with van der Waals surface area (Å²) in [5.74, 6) is 1.70. The minimum Gasteiger partial charge on any atom is -0.495 e. The monoisotopic (exact) mass is 437 g/mol. The first kappa shape index (κ1) is 22.0. The molecule has 0 atom stereocenters. The van der Waals surface area contributed by atoms with Crippen LogP contribution in [0.15, 0.2) is 48.5 Å². The van der Waals surface area contributed by atoms with E-state index >= 15 is 0 Å². The first-order valence-electron chi connectivity index (χ1n) is 11.1. The van der Waals surface area contributed by atoms with E-state index in [-0.39, 0.29) is 5.91 Å². The van der Waals surface area contributed by atoms with Crippen LogP contribution in [0.25, 0.3) is 10.9 Å². The van der Waals surface area contributed by atoms with Crippen molar-refractivity contribution in [3.63, 3.8) is 0 Å². The van der Waals surface area contributed by atoms with Crippen LogP contribution in [-0.2, 0) is 11.3 Å². The van der Waals surface area contributed by atoms with E-state index in [2.05, 4.69) is 15.5 Å². The first-order chi connectivity index (χ1) is 15.7. The third-order valence-electron chi connectivity index (χ3n) is 5.94. The second kappa shape index (κ2) is 9.96. The number of carbonyl (C=O) groups is 1. The van der Waals surface area contributed by atoms with E-state index < -0.39 is 0 Å². The summed E-state index contributed by atoms with van der Waals surface area (Å²) in [6.45, 7) is 6.51. The minimum absolute atomic E-state index is 0.0411. The van der Waals surface area contributed by atoms with E-state index in [4.69, 9.17) is 14.2 Å². The molecular weight excluding hydrogens is 406 g/mol. The van der Waals surface area contributed by atoms with Crippen molar-refractivity contribution in [2.45, 2.75) is 13.5 Å². The second-order valence-corrected chi connectivity index (χ2v) is 7.75. The van der Waals surface area contributed by atoms with Crippen molar-refractivity contribution in [3.05, 3.63) is 54.2 Å². The number of methoxy groups -OCH3 is 2. The maximum Gasteiger partial charge on any atom is 0.270 e. The lowest BCUT2D eigenvalue weighted by Gasteiger charge is -2.36. The van der Waals surface area contributed by atoms with Gasteiger partial charge in [0.05, 0.1) is 31.5 Å². The summed E-state index contributed by atoms with van der Waals surface area (Å²) in [7, 11) is 3.36. The van der Waals surface area contributed by atoms with Gasteiger partial charge in [-0.2, -0.15) is 0 Å². The normalized spacial score (nSPS) is 14.1. The number of para-hydroxylation sites is 2. The zero-order valence-electron chi connectivity index (χ0n) is 19.0. The Labute approximate surface area is 189 Å². The molecule has 0 unspecified atom stereocenters. The number of ether oxygens (including phenoxy) is 3. The van der Waals surface area contributed by atoms with Crippen LogP contribution < -0.4 is 14.4 Å². The number of anilines is 1. The standard InChI is InChI=1S/C25H31N3O4/c1-4-32-23-11-7-9-20-19(23)18-22(28(20)16-17-30-2)25(29)27-14-12-26(13-15-27)21-8-5-6-10-24(21)31-3/h5-11,18H,4,12-17H2,1-3H3. The Morgan fingerprint density at radius 1 is 0.969 bits per heavy atom. The summed E-state index contributed by atoms with van der Waals surface area (Å²) in [6.07, 6.45) is 0. The molecule has 1 aliphatic heterocycles. The molecule has 2 aromatic carbocycles. The summed E-state index contributed by atoms with van der Waals surface area (Å²) in [5.41, 5.74) is 2.73. The predicted octanol–water partition coefficient (Wildman–Crippen LogP) is 3.66. The zero-order chi connectivity index (χ0) is 22.5. The number of piperazine rings is 1. The molecule has 0 aliphatic carbocycles. The van der Waals surface area contributed by atoms with E-state index in [0.717, 1.165) is 41.2 Å². The van der Waals surface area contributed by atoms with Gasteiger partial charge in [-0.3, -0.25) is 4.79 Å². The van der Waals surface area contributed by atoms with Gasteiger partial charge in [0.2, 0.25) is 0 Å². The summed E-state index contributed by atoms with van der Waals surface area (Å²) in [5, 5.41) is 0.960. The quantitative estimate of drug-likeness (QED) is 0.538. The van der Waals surface area contributed by atoms with Crippen molar-refractivity contribution in [2.24, 2.45) is 0 Å². The van der Waals surface area contributed by atoms with Gasteiger partial charge in [-0.15, -0.1) is 0 Å². The third kappa shape index (κ3) is 4.25. The molecule has 4 rings (SSSR count). The minimum atomic E-state index is 0.0411. The van der Waals surface area contributed by atoms with Crippen LogP contribution in [0.4, 0.5) is 5.69 Å². The Morgan fingerprint density at radius 3 is 2.44 bits per heavy atom. The van der Waals surface area contributed by atoms with Gasteiger partial charge < -0.3 is 28.6 Å². The molecule has 7 nitrogen and oxygen atoms in total. The van der Waals surface area contributed by atoms with Crippen LogP contribution in [0.2, 0.25) is 0 Å². The molecule has 0 N–H and O–H groups in total. The molecule has 170 valence electrons. The maximum absolute atomic E-state index is 13.6. The average molecular weight is 438 g/mol. The van der Waals surface area contributed by atoms with E-state index in [9.17, 15) is 4.79 Å². The van der Waals surface area contributed by atoms with Crippen LogP contribution in [0.5, 0.6) is 11.5 Å². The van der Waals surface area contributed by atoms with E-state index in [1.807, 2.05) is 54.3 Å². The van der Waals surface area contributed by atoms with Crippen LogP contribution in [0.1, 0.15) is 17.4 Å². The van der Waals surface area contributed by atoms with Crippen molar-refractivity contribution >= 4 is 22.5 Å². The van der Waals surface area contributed by atoms with Crippen LogP contribution >= 0.6 is 0 Å². The fourth-order valence-corrected chi connectivity index (χ4v) is 4.34. The Bertz CT molecular complexity index is 1070. The van der Waals surface area contributed by atoms with Crippen molar-refractivity contribution in [3.8, 4) is 11.5 Å². The highest BCUT2D eigenvalue weighted by Gasteiger charge is 2.27. The largest absolute Gasteiger partial charge is 0.495 e. The Balaban J connectivity index is 1.58. The van der Waals surface area contributed by atoms with Gasteiger partial charge in [0, 0.05) is 45.2 Å². The molecule has 0 radical (unpaired) electrons. The predicted molar refractivity (Wildman–Crippen MR) is 126 cm³/mol. The number of benzene rings is 2. The fraction of sp³-hybridized carbons (Fsp3) is 0.400. The number of aromatic nitrogens is 1. The number of amides is 1. The fourth-order valence-electron chi connectivity index (χ4n) is 4.34. The first-order valence-corrected chi connectivity index (χ1v) is 11.1. The molecule has 7 heteroatoms. The number of fused-ring (bicyclic) bond motifs is 1. The van der Waals surface area contributed by atoms with Gasteiger partial charge in [-0.25, -0.2) is 0 Å². The molecule has 3 aromatic rings. The highest BCUT2D eigenvalue weighted by atomic mass is 16.5. The smallest absolute Gasteiger partial charge is 0.270 e. The van der Waals surface area contributed by atoms with Crippen LogP contribution in [0, 0.1) is 0 Å². The number of rotatable bonds is 8. The van der Waals surface area contributed by atoms with Gasteiger partial charge in [-0.1, -0.05) is 18.2 Å². The molecule has 2 heterocycles. The van der Waals surface area contributed by atoms with Gasteiger partial charge in [0.15, 0.2) is 0 Å². The Morgan fingerprint density at radius 2 is 1.72 bits per heavy atom. The average Bonchev–Trinajstić information content (AvgIpc) is 3.22. The van der Waals surface area contributed by atoms with Crippen molar-refractivity contribution in [1.82, 2.24) is 9.47 Å². The lowest BCUT2D eigenvalue weighted by atomic mass is 10.2. The zero-order valence-corrected chi connectivity index (χ0v) is 19.0. The molecule has 1 fully saturated rings. The van der Waals surface area contributed by atoms with Crippen molar-refractivity contribution in [1.29, 1.82) is 0 Å². The highest BCUT2D eigenvalue weighted by molar-refractivity contribution is 6.00. The molecule has 1 saturated heterocycles. The molecule has 1 aliphatic rings. The topological polar surface area (TPSA) is 56.2 Å². The van der Waals surface area contributed by atoms with Crippen molar-refractivity contribution in [2.75, 3.05) is 58.5 Å². The molecule has 0 spiro atoms. The van der Waals surface area contributed by atoms with Gasteiger partial charge >= 0.3 is 0 Å². The molecule has 0 bridgehead atoms. The third-order valence-corrected chi connectivity index (χ3v) is 5.94. The summed E-state index contributed by atoms with van der Waals surface area (Å²) in [6, 6.07) is 15.9. The van der Waals surface area contributed by atoms with Crippen molar-refractivity contribution < 1.29 is 19.0 Å². The summed E-state index contributed by atoms with van der Waals surface area (Å²) < 4.78 is 18.7. The van der Waals surface area contributed by atoms with Gasteiger partial charge in [0.25, 0.3) is 5.91 Å². The highest BCUT2D eigenvalue weighted by Crippen LogP contribution is 2.31. The number of hydrogen-bond acceptors (Lipinski definition) is 5. The van der Waals surface area contributed by atoms with E-state index in [1.54, 1.807) is 14.2 Å². The number of nitrogens with zero attached hydrogens (tertiary/aromatic N) is 3. The Hall–Kier alpha value is -3.19. The maximum atomic E-state index is 13.6. The van der Waals surface area contributed by atoms with Crippen LogP contribution in [0.3, 0.4) is 0 Å². The van der Waals surface area contributed by atoms with Gasteiger partial charge in [-0.05, 0) is 37.3 Å². The van der Waals surface area contributed by atoms with E-state index in [0.29, 0.717) is 38.5 Å². The SMILES string of the molecule is CCOc1cccc2c1cc(C(=O)N1CCN(c3ccccc3OC)CC1)n2CCOC. The molecule has 1 amide bonds. The number of hydrogen-bond donors (Lipinski definition) is 0. The molecule has 32 heavy (non-hydrogen) atoms.